The molecule has 1 aliphatic heterocycles. The maximum Gasteiger partial charge on any atom is 2.00 e. The fourth-order valence-corrected chi connectivity index (χ4v) is 5.33. The second-order valence-electron chi connectivity index (χ2n) is 7.43. The van der Waals surface area contributed by atoms with Crippen molar-refractivity contribution >= 4 is 44.6 Å². The van der Waals surface area contributed by atoms with Gasteiger partial charge in [0.1, 0.15) is 17.1 Å². The van der Waals surface area contributed by atoms with E-state index in [4.69, 9.17) is 18.1 Å². The number of aryl methyl sites for hydroxylation is 1. The van der Waals surface area contributed by atoms with Crippen LogP contribution in [0.2, 0.25) is 0 Å². The van der Waals surface area contributed by atoms with Gasteiger partial charge in [-0.25, -0.2) is 8.88 Å². The van der Waals surface area contributed by atoms with Crippen molar-refractivity contribution < 1.29 is 46.1 Å². The van der Waals surface area contributed by atoms with Crippen molar-refractivity contribution in [2.24, 2.45) is 0 Å². The van der Waals surface area contributed by atoms with Gasteiger partial charge in [-0.05, 0) is 24.5 Å². The molecule has 0 aliphatic carbocycles. The molecule has 0 saturated heterocycles. The Morgan fingerprint density at radius 1 is 1.20 bits per heavy atom. The molecule has 1 unspecified atom stereocenters. The van der Waals surface area contributed by atoms with Gasteiger partial charge in [-0.15, -0.1) is 0 Å². The third kappa shape index (κ3) is 5.61. The van der Waals surface area contributed by atoms with Crippen LogP contribution in [-0.4, -0.2) is 50.8 Å². The first-order valence-electron chi connectivity index (χ1n) is 9.90. The molecule has 182 valence electrons. The number of hydrogen-bond donors (Lipinski definition) is 1. The third-order valence-electron chi connectivity index (χ3n) is 4.59. The van der Waals surface area contributed by atoms with E-state index in [0.717, 1.165) is 0 Å². The number of amides is 1. The number of nitrogens with zero attached hydrogens (tertiary/aromatic N) is 3. The number of hydrogen-bond acceptors (Lipinski definition) is 13. The normalized spacial score (nSPS) is 16.9. The van der Waals surface area contributed by atoms with E-state index < -0.39 is 21.6 Å². The van der Waals surface area contributed by atoms with Crippen LogP contribution in [0.15, 0.2) is 21.2 Å². The summed E-state index contributed by atoms with van der Waals surface area (Å²) in [6.07, 6.45) is 0. The van der Waals surface area contributed by atoms with Crippen LogP contribution in [0.1, 0.15) is 48.6 Å². The Morgan fingerprint density at radius 3 is 2.46 bits per heavy atom. The average Bonchev–Trinajstić information content (AvgIpc) is 3.32. The summed E-state index contributed by atoms with van der Waals surface area (Å²) < 4.78 is 48.9. The van der Waals surface area contributed by atoms with Crippen molar-refractivity contribution in [1.82, 2.24) is 20.6 Å². The Labute approximate surface area is 214 Å². The predicted molar refractivity (Wildman–Crippen MR) is 115 cm³/mol. The molecular formula is C18H18MgN4O10P2. The molecular weight excluding hydrogens is 518 g/mol. The van der Waals surface area contributed by atoms with Gasteiger partial charge >= 0.3 is 30.9 Å². The molecule has 1 aromatic carbocycles. The smallest absolute Gasteiger partial charge is 0.789 e. The summed E-state index contributed by atoms with van der Waals surface area (Å²) in [5.74, 6) is -0.921. The van der Waals surface area contributed by atoms with E-state index in [0.29, 0.717) is 12.1 Å². The predicted octanol–water partition coefficient (Wildman–Crippen LogP) is 1.92. The Balaban J connectivity index is 0.00000342. The largest absolute Gasteiger partial charge is 2.00 e. The number of carbonyl (C=O) groups is 1. The second kappa shape index (κ2) is 10.0. The SMILES string of the molecule is CCNC(=O)c1noc(-c2cc(C(C)C)c3cc2OP(=O)(OP(=O)([O-])[O-])O3)c1-c1noc(C)n1.[Mg+2]. The van der Waals surface area contributed by atoms with E-state index >= 15 is 0 Å². The summed E-state index contributed by atoms with van der Waals surface area (Å²) in [5.41, 5.74) is 0.441. The molecule has 1 amide bonds. The standard InChI is InChI=1S/C18H20N4O10P2.Mg/c1-5-19-18(23)15-14(17-20-9(4)28-22-17)16(29-21-15)11-6-10(8(2)3)12-7-13(11)31-34(27,30-12)32-33(24,25)26;/h6-8H,5H2,1-4H3,(H,19,23)(H2,24,25,26);/q;+2/p-2. The monoisotopic (exact) mass is 536 g/mol. The molecule has 2 aromatic heterocycles. The van der Waals surface area contributed by atoms with E-state index in [-0.39, 0.29) is 74.8 Å². The Morgan fingerprint density at radius 2 is 1.89 bits per heavy atom. The van der Waals surface area contributed by atoms with E-state index in [9.17, 15) is 23.7 Å². The molecule has 0 spiro atoms. The zero-order chi connectivity index (χ0) is 24.8. The Kier molecular flexibility index (Phi) is 7.82. The summed E-state index contributed by atoms with van der Waals surface area (Å²) in [5, 5.41) is 10.3. The molecule has 1 N–H and O–H groups in total. The molecule has 17 heteroatoms. The molecule has 0 saturated carbocycles. The minimum absolute atomic E-state index is 0. The number of rotatable bonds is 7. The summed E-state index contributed by atoms with van der Waals surface area (Å²) in [4.78, 5) is 39.0. The molecule has 3 heterocycles. The van der Waals surface area contributed by atoms with Crippen LogP contribution < -0.4 is 24.2 Å². The number of benzene rings is 1. The van der Waals surface area contributed by atoms with Crippen molar-refractivity contribution in [2.45, 2.75) is 33.6 Å². The number of phosphoric ester groups is 1. The van der Waals surface area contributed by atoms with E-state index in [2.05, 4.69) is 24.9 Å². The fourth-order valence-electron chi connectivity index (χ4n) is 3.26. The van der Waals surface area contributed by atoms with Crippen LogP contribution in [0.5, 0.6) is 11.5 Å². The number of nitrogens with one attached hydrogen (secondary N) is 1. The van der Waals surface area contributed by atoms with Gasteiger partial charge in [-0.1, -0.05) is 24.2 Å². The van der Waals surface area contributed by atoms with Gasteiger partial charge in [0, 0.05) is 19.5 Å². The maximum absolute atomic E-state index is 12.9. The van der Waals surface area contributed by atoms with Crippen LogP contribution >= 0.6 is 15.6 Å². The molecule has 0 radical (unpaired) electrons. The van der Waals surface area contributed by atoms with Crippen molar-refractivity contribution in [3.8, 4) is 34.2 Å². The fraction of sp³-hybridized carbons (Fsp3) is 0.333. The molecule has 2 bridgehead atoms. The molecule has 35 heavy (non-hydrogen) atoms. The van der Waals surface area contributed by atoms with Gasteiger partial charge < -0.3 is 37.8 Å². The minimum atomic E-state index is -5.75. The summed E-state index contributed by atoms with van der Waals surface area (Å²) in [7, 11) is -10.6. The summed E-state index contributed by atoms with van der Waals surface area (Å²) in [6.45, 7) is 7.13. The first-order valence-corrected chi connectivity index (χ1v) is 12.8. The second-order valence-corrected chi connectivity index (χ2v) is 10.2. The Bertz CT molecular complexity index is 1370. The first kappa shape index (κ1) is 27.3. The number of carbonyl (C=O) groups excluding carboxylic acids is 1. The number of aromatic nitrogens is 3. The minimum Gasteiger partial charge on any atom is -0.789 e. The molecule has 3 aromatic rings. The third-order valence-corrected chi connectivity index (χ3v) is 7.04. The molecule has 1 atom stereocenters. The van der Waals surface area contributed by atoms with Crippen molar-refractivity contribution in [1.29, 1.82) is 0 Å². The Hall–Kier alpha value is -2.25. The summed E-state index contributed by atoms with van der Waals surface area (Å²) >= 11 is 0. The molecule has 14 nitrogen and oxygen atoms in total. The number of fused-ring (bicyclic) bond motifs is 2. The van der Waals surface area contributed by atoms with Crippen LogP contribution in [0, 0.1) is 6.92 Å². The van der Waals surface area contributed by atoms with Crippen molar-refractivity contribution in [2.75, 3.05) is 6.54 Å². The topological polar surface area (TPSA) is 202 Å². The van der Waals surface area contributed by atoms with Crippen LogP contribution in [0.3, 0.4) is 0 Å². The molecule has 4 rings (SSSR count). The van der Waals surface area contributed by atoms with Crippen LogP contribution in [0.4, 0.5) is 0 Å². The maximum atomic E-state index is 12.9. The van der Waals surface area contributed by atoms with Gasteiger partial charge in [-0.2, -0.15) is 4.98 Å². The van der Waals surface area contributed by atoms with Gasteiger partial charge in [0.05, 0.1) is 13.4 Å². The summed E-state index contributed by atoms with van der Waals surface area (Å²) in [6, 6.07) is 2.88. The van der Waals surface area contributed by atoms with Crippen LogP contribution in [0.25, 0.3) is 22.7 Å². The first-order chi connectivity index (χ1) is 15.9. The van der Waals surface area contributed by atoms with Gasteiger partial charge in [0.2, 0.25) is 11.7 Å². The van der Waals surface area contributed by atoms with Crippen LogP contribution in [-0.2, 0) is 13.4 Å². The van der Waals surface area contributed by atoms with Gasteiger partial charge in [0.15, 0.2) is 11.5 Å². The van der Waals surface area contributed by atoms with E-state index in [1.165, 1.54) is 6.07 Å². The van der Waals surface area contributed by atoms with E-state index in [1.54, 1.807) is 33.8 Å². The van der Waals surface area contributed by atoms with Crippen molar-refractivity contribution in [3.63, 3.8) is 0 Å². The zero-order valence-electron chi connectivity index (χ0n) is 19.0. The average molecular weight is 537 g/mol. The van der Waals surface area contributed by atoms with E-state index in [1.807, 2.05) is 0 Å². The quantitative estimate of drug-likeness (QED) is 0.339. The van der Waals surface area contributed by atoms with Crippen molar-refractivity contribution in [3.05, 3.63) is 29.3 Å². The zero-order valence-corrected chi connectivity index (χ0v) is 22.2. The van der Waals surface area contributed by atoms with Gasteiger partial charge in [0.25, 0.3) is 5.91 Å². The molecule has 0 fully saturated rings. The van der Waals surface area contributed by atoms with Gasteiger partial charge in [-0.3, -0.25) is 4.79 Å². The number of phosphoric acid groups is 2. The molecule has 1 aliphatic rings.